The Morgan fingerprint density at radius 3 is 1.73 bits per heavy atom. The minimum absolute atomic E-state index is 0.647. The van der Waals surface area contributed by atoms with E-state index in [0.29, 0.717) is 5.69 Å². The second kappa shape index (κ2) is 11.6. The fourth-order valence-electron chi connectivity index (χ4n) is 8.04. The number of benzene rings is 9. The summed E-state index contributed by atoms with van der Waals surface area (Å²) in [5.74, 6) is 0. The molecule has 2 nitrogen and oxygen atoms in total. The van der Waals surface area contributed by atoms with Crippen LogP contribution in [0.15, 0.2) is 182 Å². The molecular weight excluding hydrogens is 617 g/mol. The van der Waals surface area contributed by atoms with E-state index < -0.39 is 0 Å². The molecule has 51 heavy (non-hydrogen) atoms. The van der Waals surface area contributed by atoms with E-state index in [1.807, 2.05) is 18.2 Å². The summed E-state index contributed by atoms with van der Waals surface area (Å²) in [6.07, 6.45) is 0. The summed E-state index contributed by atoms with van der Waals surface area (Å²) in [5.41, 5.74) is 11.2. The molecular formula is C49H30N2. The summed E-state index contributed by atoms with van der Waals surface area (Å²) >= 11 is 0. The summed E-state index contributed by atoms with van der Waals surface area (Å²) in [5, 5.41) is 9.77. The first-order valence-electron chi connectivity index (χ1n) is 17.3. The molecule has 0 aliphatic carbocycles. The molecule has 0 spiro atoms. The Balaban J connectivity index is 1.17. The first-order valence-corrected chi connectivity index (χ1v) is 17.3. The van der Waals surface area contributed by atoms with Gasteiger partial charge in [0.05, 0.1) is 17.6 Å². The molecule has 0 radical (unpaired) electrons. The molecule has 0 saturated heterocycles. The summed E-state index contributed by atoms with van der Waals surface area (Å²) in [4.78, 5) is 3.76. The molecule has 1 aromatic heterocycles. The SMILES string of the molecule is [C-]#[N+]c1ccc2c(c1)c1cc(-c3cccc(-c4cc5c6cccc(-c7ccccc7)c6ccc5c5ccccc45)c3)ccc1n2-c1ccccc1. The lowest BCUT2D eigenvalue weighted by atomic mass is 9.88. The van der Waals surface area contributed by atoms with Gasteiger partial charge in [-0.05, 0) is 120 Å². The van der Waals surface area contributed by atoms with Crippen LogP contribution in [0.25, 0.3) is 98.0 Å². The van der Waals surface area contributed by atoms with Gasteiger partial charge >= 0.3 is 0 Å². The number of nitrogens with zero attached hydrogens (tertiary/aromatic N) is 2. The minimum atomic E-state index is 0.647. The Kier molecular flexibility index (Phi) is 6.59. The van der Waals surface area contributed by atoms with Gasteiger partial charge in [0.1, 0.15) is 0 Å². The molecule has 0 unspecified atom stereocenters. The van der Waals surface area contributed by atoms with Gasteiger partial charge in [0.15, 0.2) is 5.69 Å². The quantitative estimate of drug-likeness (QED) is 0.133. The number of fused-ring (bicyclic) bond motifs is 8. The molecule has 0 fully saturated rings. The largest absolute Gasteiger partial charge is 0.309 e. The van der Waals surface area contributed by atoms with Crippen LogP contribution in [0, 0.1) is 6.57 Å². The molecule has 0 aliphatic heterocycles. The molecule has 0 N–H and O–H groups in total. The number of hydrogen-bond donors (Lipinski definition) is 0. The average Bonchev–Trinajstić information content (AvgIpc) is 3.53. The molecule has 9 aromatic carbocycles. The van der Waals surface area contributed by atoms with Crippen LogP contribution in [0.5, 0.6) is 0 Å². The highest BCUT2D eigenvalue weighted by atomic mass is 15.0. The van der Waals surface area contributed by atoms with Crippen molar-refractivity contribution in [3.8, 4) is 39.1 Å². The van der Waals surface area contributed by atoms with Gasteiger partial charge in [-0.3, -0.25) is 0 Å². The average molecular weight is 647 g/mol. The van der Waals surface area contributed by atoms with Crippen LogP contribution in [-0.2, 0) is 0 Å². The van der Waals surface area contributed by atoms with Gasteiger partial charge in [0.2, 0.25) is 0 Å². The minimum Gasteiger partial charge on any atom is -0.309 e. The van der Waals surface area contributed by atoms with Gasteiger partial charge in [-0.15, -0.1) is 0 Å². The van der Waals surface area contributed by atoms with Crippen molar-refractivity contribution in [2.75, 3.05) is 0 Å². The lowest BCUT2D eigenvalue weighted by molar-refractivity contribution is 1.18. The van der Waals surface area contributed by atoms with Gasteiger partial charge in [-0.1, -0.05) is 133 Å². The first kappa shape index (κ1) is 29.0. The number of aromatic nitrogens is 1. The van der Waals surface area contributed by atoms with Crippen LogP contribution in [0.2, 0.25) is 0 Å². The van der Waals surface area contributed by atoms with E-state index in [9.17, 15) is 0 Å². The molecule has 10 aromatic rings. The third-order valence-electron chi connectivity index (χ3n) is 10.4. The predicted octanol–water partition coefficient (Wildman–Crippen LogP) is 13.8. The fraction of sp³-hybridized carbons (Fsp3) is 0. The van der Waals surface area contributed by atoms with Crippen molar-refractivity contribution in [2.45, 2.75) is 0 Å². The highest BCUT2D eigenvalue weighted by Crippen LogP contribution is 2.42. The zero-order valence-corrected chi connectivity index (χ0v) is 27.7. The molecule has 2 heteroatoms. The molecule has 0 aliphatic rings. The predicted molar refractivity (Wildman–Crippen MR) is 216 cm³/mol. The molecule has 236 valence electrons. The molecule has 0 atom stereocenters. The Bertz CT molecular complexity index is 3020. The maximum absolute atomic E-state index is 7.70. The van der Waals surface area contributed by atoms with Gasteiger partial charge in [-0.2, -0.15) is 0 Å². The smallest absolute Gasteiger partial charge is 0.188 e. The van der Waals surface area contributed by atoms with Crippen LogP contribution in [0.1, 0.15) is 0 Å². The third-order valence-corrected chi connectivity index (χ3v) is 10.4. The highest BCUT2D eigenvalue weighted by Gasteiger charge is 2.16. The number of rotatable bonds is 4. The van der Waals surface area contributed by atoms with E-state index >= 15 is 0 Å². The van der Waals surface area contributed by atoms with E-state index in [1.165, 1.54) is 54.6 Å². The zero-order valence-electron chi connectivity index (χ0n) is 27.7. The van der Waals surface area contributed by atoms with Gasteiger partial charge < -0.3 is 4.57 Å². The number of para-hydroxylation sites is 1. The van der Waals surface area contributed by atoms with Crippen molar-refractivity contribution in [2.24, 2.45) is 0 Å². The Morgan fingerprint density at radius 2 is 0.902 bits per heavy atom. The molecule has 0 amide bonds. The normalized spacial score (nSPS) is 11.5. The Hall–Kier alpha value is -6.95. The van der Waals surface area contributed by atoms with Gasteiger partial charge in [0.25, 0.3) is 0 Å². The van der Waals surface area contributed by atoms with E-state index in [1.54, 1.807) is 0 Å². The zero-order chi connectivity index (χ0) is 33.9. The molecule has 0 bridgehead atoms. The van der Waals surface area contributed by atoms with Gasteiger partial charge in [-0.25, -0.2) is 4.85 Å². The summed E-state index contributed by atoms with van der Waals surface area (Å²) in [6.45, 7) is 7.70. The first-order chi connectivity index (χ1) is 25.2. The van der Waals surface area contributed by atoms with Crippen molar-refractivity contribution >= 4 is 59.8 Å². The topological polar surface area (TPSA) is 9.29 Å². The fourth-order valence-corrected chi connectivity index (χ4v) is 8.04. The lowest BCUT2D eigenvalue weighted by Crippen LogP contribution is -1.92. The summed E-state index contributed by atoms with van der Waals surface area (Å²) in [6, 6.07) is 65.3. The lowest BCUT2D eigenvalue weighted by Gasteiger charge is -2.15. The van der Waals surface area contributed by atoms with Crippen molar-refractivity contribution in [3.63, 3.8) is 0 Å². The van der Waals surface area contributed by atoms with Crippen LogP contribution >= 0.6 is 0 Å². The maximum Gasteiger partial charge on any atom is 0.188 e. The Labute approximate surface area is 295 Å². The molecule has 10 rings (SSSR count). The van der Waals surface area contributed by atoms with E-state index in [2.05, 4.69) is 173 Å². The van der Waals surface area contributed by atoms with Crippen molar-refractivity contribution < 1.29 is 0 Å². The second-order valence-corrected chi connectivity index (χ2v) is 13.2. The molecule has 1 heterocycles. The second-order valence-electron chi connectivity index (χ2n) is 13.2. The Morgan fingerprint density at radius 1 is 0.333 bits per heavy atom. The third kappa shape index (κ3) is 4.64. The van der Waals surface area contributed by atoms with Crippen molar-refractivity contribution in [1.29, 1.82) is 0 Å². The van der Waals surface area contributed by atoms with E-state index in [4.69, 9.17) is 6.57 Å². The maximum atomic E-state index is 7.70. The van der Waals surface area contributed by atoms with E-state index in [0.717, 1.165) is 38.6 Å². The summed E-state index contributed by atoms with van der Waals surface area (Å²) < 4.78 is 2.30. The monoisotopic (exact) mass is 646 g/mol. The van der Waals surface area contributed by atoms with Crippen molar-refractivity contribution in [3.05, 3.63) is 193 Å². The van der Waals surface area contributed by atoms with Crippen LogP contribution in [0.3, 0.4) is 0 Å². The van der Waals surface area contributed by atoms with Crippen LogP contribution < -0.4 is 0 Å². The molecule has 0 saturated carbocycles. The standard InChI is InChI=1S/C49H30N2/c1-50-36-23-27-49-47(30-36)46-29-34(22-26-48(46)51(49)37-16-6-3-7-17-37)33-14-10-15-35(28-33)44-31-45-41-21-11-20-38(32-12-4-2-5-13-32)42(41)24-25-43(45)39-18-8-9-19-40(39)44/h2-31H. The van der Waals surface area contributed by atoms with Gasteiger partial charge in [0, 0.05) is 11.1 Å². The summed E-state index contributed by atoms with van der Waals surface area (Å²) in [7, 11) is 0. The van der Waals surface area contributed by atoms with E-state index in [-0.39, 0.29) is 0 Å². The van der Waals surface area contributed by atoms with Crippen LogP contribution in [-0.4, -0.2) is 4.57 Å². The van der Waals surface area contributed by atoms with Crippen molar-refractivity contribution in [1.82, 2.24) is 4.57 Å². The highest BCUT2D eigenvalue weighted by molar-refractivity contribution is 6.22. The van der Waals surface area contributed by atoms with Crippen LogP contribution in [0.4, 0.5) is 5.69 Å². The number of hydrogen-bond acceptors (Lipinski definition) is 0.